The quantitative estimate of drug-likeness (QED) is 0.747. The standard InChI is InChI=1S/C18H22ClN5OS/c19-15-6-3-7-16(10-15)24-18(20-21-22-24)26-12-17(25)23-9-8-13-4-1-2-5-14(13)11-23/h3,6-7,10,13-14H,1-2,4-5,8-9,11-12H2/t13-,14+/m0/s1. The Morgan fingerprint density at radius 2 is 2.08 bits per heavy atom. The second kappa shape index (κ2) is 7.96. The van der Waals surface area contributed by atoms with Gasteiger partial charge in [-0.3, -0.25) is 4.79 Å². The third-order valence-electron chi connectivity index (χ3n) is 5.46. The third-order valence-corrected chi connectivity index (χ3v) is 6.60. The van der Waals surface area contributed by atoms with E-state index < -0.39 is 0 Å². The topological polar surface area (TPSA) is 63.9 Å². The van der Waals surface area contributed by atoms with E-state index in [4.69, 9.17) is 11.6 Å². The highest BCUT2D eigenvalue weighted by molar-refractivity contribution is 7.99. The number of thioether (sulfide) groups is 1. The minimum atomic E-state index is 0.180. The first-order valence-corrected chi connectivity index (χ1v) is 10.5. The minimum absolute atomic E-state index is 0.180. The van der Waals surface area contributed by atoms with Gasteiger partial charge in [0.1, 0.15) is 0 Å². The van der Waals surface area contributed by atoms with Crippen LogP contribution in [-0.2, 0) is 4.79 Å². The second-order valence-electron chi connectivity index (χ2n) is 7.07. The van der Waals surface area contributed by atoms with Gasteiger partial charge in [-0.15, -0.1) is 5.10 Å². The molecule has 0 bridgehead atoms. The number of hydrogen-bond donors (Lipinski definition) is 0. The molecule has 0 spiro atoms. The van der Waals surface area contributed by atoms with Crippen LogP contribution in [0.5, 0.6) is 0 Å². The molecule has 1 saturated carbocycles. The molecule has 1 amide bonds. The monoisotopic (exact) mass is 391 g/mol. The molecule has 2 atom stereocenters. The van der Waals surface area contributed by atoms with Crippen LogP contribution in [0, 0.1) is 11.8 Å². The van der Waals surface area contributed by atoms with E-state index in [1.807, 2.05) is 17.0 Å². The highest BCUT2D eigenvalue weighted by Gasteiger charge is 2.32. The fraction of sp³-hybridized carbons (Fsp3) is 0.556. The maximum Gasteiger partial charge on any atom is 0.233 e. The van der Waals surface area contributed by atoms with E-state index in [1.165, 1.54) is 37.4 Å². The molecule has 1 saturated heterocycles. The lowest BCUT2D eigenvalue weighted by atomic mass is 9.75. The number of benzene rings is 1. The molecule has 1 aromatic carbocycles. The third kappa shape index (κ3) is 3.88. The van der Waals surface area contributed by atoms with Gasteiger partial charge in [0.25, 0.3) is 0 Å². The van der Waals surface area contributed by atoms with Crippen molar-refractivity contribution in [3.63, 3.8) is 0 Å². The average Bonchev–Trinajstić information content (AvgIpc) is 3.14. The van der Waals surface area contributed by atoms with Crippen molar-refractivity contribution in [2.45, 2.75) is 37.3 Å². The van der Waals surface area contributed by atoms with Crippen LogP contribution < -0.4 is 0 Å². The van der Waals surface area contributed by atoms with Gasteiger partial charge >= 0.3 is 0 Å². The van der Waals surface area contributed by atoms with Crippen LogP contribution in [0.15, 0.2) is 29.4 Å². The van der Waals surface area contributed by atoms with Crippen molar-refractivity contribution >= 4 is 29.3 Å². The Hall–Kier alpha value is -1.60. The van der Waals surface area contributed by atoms with Crippen molar-refractivity contribution in [2.24, 2.45) is 11.8 Å². The molecule has 138 valence electrons. The molecular formula is C18H22ClN5OS. The summed E-state index contributed by atoms with van der Waals surface area (Å²) in [6.45, 7) is 1.81. The van der Waals surface area contributed by atoms with E-state index in [0.717, 1.165) is 31.1 Å². The molecule has 26 heavy (non-hydrogen) atoms. The number of carbonyl (C=O) groups is 1. The summed E-state index contributed by atoms with van der Waals surface area (Å²) in [6.07, 6.45) is 6.44. The Morgan fingerprint density at radius 3 is 2.92 bits per heavy atom. The molecule has 8 heteroatoms. The van der Waals surface area contributed by atoms with Gasteiger partial charge in [-0.05, 0) is 53.3 Å². The molecule has 1 aliphatic heterocycles. The van der Waals surface area contributed by atoms with Gasteiger partial charge in [0.05, 0.1) is 11.4 Å². The van der Waals surface area contributed by atoms with Crippen molar-refractivity contribution in [1.82, 2.24) is 25.1 Å². The first-order chi connectivity index (χ1) is 12.7. The zero-order valence-electron chi connectivity index (χ0n) is 14.6. The molecule has 6 nitrogen and oxygen atoms in total. The van der Waals surface area contributed by atoms with E-state index in [1.54, 1.807) is 16.8 Å². The van der Waals surface area contributed by atoms with Gasteiger partial charge in [-0.25, -0.2) is 0 Å². The highest BCUT2D eigenvalue weighted by Crippen LogP contribution is 2.36. The van der Waals surface area contributed by atoms with Crippen molar-refractivity contribution < 1.29 is 4.79 Å². The number of aromatic nitrogens is 4. The molecule has 1 aromatic heterocycles. The summed E-state index contributed by atoms with van der Waals surface area (Å²) in [5.74, 6) is 2.07. The van der Waals surface area contributed by atoms with Crippen LogP contribution >= 0.6 is 23.4 Å². The second-order valence-corrected chi connectivity index (χ2v) is 8.45. The molecule has 0 radical (unpaired) electrons. The summed E-state index contributed by atoms with van der Waals surface area (Å²) in [5, 5.41) is 13.1. The fourth-order valence-electron chi connectivity index (χ4n) is 4.08. The van der Waals surface area contributed by atoms with Crippen molar-refractivity contribution in [1.29, 1.82) is 0 Å². The van der Waals surface area contributed by atoms with E-state index in [9.17, 15) is 4.79 Å². The Balaban J connectivity index is 1.37. The van der Waals surface area contributed by atoms with E-state index in [-0.39, 0.29) is 5.91 Å². The Morgan fingerprint density at radius 1 is 1.23 bits per heavy atom. The van der Waals surface area contributed by atoms with Crippen LogP contribution in [0.4, 0.5) is 0 Å². The number of rotatable bonds is 4. The number of nitrogens with zero attached hydrogens (tertiary/aromatic N) is 5. The minimum Gasteiger partial charge on any atom is -0.342 e. The van der Waals surface area contributed by atoms with Crippen LogP contribution in [-0.4, -0.2) is 49.9 Å². The summed E-state index contributed by atoms with van der Waals surface area (Å²) in [4.78, 5) is 14.7. The number of amides is 1. The summed E-state index contributed by atoms with van der Waals surface area (Å²) < 4.78 is 1.62. The molecule has 2 aromatic rings. The number of likely N-dealkylation sites (tertiary alicyclic amines) is 1. The number of carbonyl (C=O) groups excluding carboxylic acids is 1. The van der Waals surface area contributed by atoms with Crippen LogP contribution in [0.25, 0.3) is 5.69 Å². The Bertz CT molecular complexity index is 782. The number of piperidine rings is 1. The maximum atomic E-state index is 12.7. The molecule has 0 unspecified atom stereocenters. The zero-order valence-corrected chi connectivity index (χ0v) is 16.1. The van der Waals surface area contributed by atoms with Gasteiger partial charge in [0.2, 0.25) is 11.1 Å². The predicted molar refractivity (Wildman–Crippen MR) is 102 cm³/mol. The molecule has 2 aliphatic rings. The molecule has 2 fully saturated rings. The number of halogens is 1. The fourth-order valence-corrected chi connectivity index (χ4v) is 5.06. The van der Waals surface area contributed by atoms with Gasteiger partial charge in [0, 0.05) is 18.1 Å². The van der Waals surface area contributed by atoms with E-state index in [2.05, 4.69) is 15.5 Å². The zero-order chi connectivity index (χ0) is 17.9. The van der Waals surface area contributed by atoms with Crippen molar-refractivity contribution in [3.8, 4) is 5.69 Å². The number of tetrazole rings is 1. The lowest BCUT2D eigenvalue weighted by Crippen LogP contribution is -2.45. The van der Waals surface area contributed by atoms with Crippen LogP contribution in [0.3, 0.4) is 0 Å². The number of fused-ring (bicyclic) bond motifs is 1. The Kier molecular flexibility index (Phi) is 5.45. The molecule has 4 rings (SSSR count). The largest absolute Gasteiger partial charge is 0.342 e. The van der Waals surface area contributed by atoms with Gasteiger partial charge < -0.3 is 4.90 Å². The van der Waals surface area contributed by atoms with Gasteiger partial charge in [0.15, 0.2) is 0 Å². The maximum absolute atomic E-state index is 12.7. The Labute approximate surface area is 162 Å². The molecule has 0 N–H and O–H groups in total. The first-order valence-electron chi connectivity index (χ1n) is 9.15. The van der Waals surface area contributed by atoms with Crippen LogP contribution in [0.1, 0.15) is 32.1 Å². The normalized spacial score (nSPS) is 22.9. The van der Waals surface area contributed by atoms with E-state index >= 15 is 0 Å². The summed E-state index contributed by atoms with van der Waals surface area (Å²) in [5.41, 5.74) is 0.792. The average molecular weight is 392 g/mol. The van der Waals surface area contributed by atoms with E-state index in [0.29, 0.717) is 21.8 Å². The SMILES string of the molecule is O=C(CSc1nnnn1-c1cccc(Cl)c1)N1CC[C@@H]2CCCC[C@@H]2C1. The summed E-state index contributed by atoms with van der Waals surface area (Å²) in [6, 6.07) is 7.35. The smallest absolute Gasteiger partial charge is 0.233 e. The lowest BCUT2D eigenvalue weighted by molar-refractivity contribution is -0.131. The predicted octanol–water partition coefficient (Wildman–Crippen LogP) is 3.45. The first kappa shape index (κ1) is 17.8. The summed E-state index contributed by atoms with van der Waals surface area (Å²) in [7, 11) is 0. The molecule has 1 aliphatic carbocycles. The highest BCUT2D eigenvalue weighted by atomic mass is 35.5. The lowest BCUT2D eigenvalue weighted by Gasteiger charge is -2.41. The van der Waals surface area contributed by atoms with Crippen LogP contribution in [0.2, 0.25) is 5.02 Å². The number of hydrogen-bond acceptors (Lipinski definition) is 5. The molecule has 2 heterocycles. The molecular weight excluding hydrogens is 370 g/mol. The van der Waals surface area contributed by atoms with Crippen molar-refractivity contribution in [2.75, 3.05) is 18.8 Å². The van der Waals surface area contributed by atoms with Gasteiger partial charge in [-0.1, -0.05) is 48.7 Å². The summed E-state index contributed by atoms with van der Waals surface area (Å²) >= 11 is 7.43. The van der Waals surface area contributed by atoms with Gasteiger partial charge in [-0.2, -0.15) is 4.68 Å². The van der Waals surface area contributed by atoms with Crippen molar-refractivity contribution in [3.05, 3.63) is 29.3 Å².